The third kappa shape index (κ3) is 3.10. The summed E-state index contributed by atoms with van der Waals surface area (Å²) in [6.07, 6.45) is 0. The number of sulfonamides is 1. The minimum absolute atomic E-state index is 0.0320. The summed E-state index contributed by atoms with van der Waals surface area (Å²) >= 11 is 1.16. The van der Waals surface area contributed by atoms with Crippen molar-refractivity contribution < 1.29 is 12.9 Å². The Morgan fingerprint density at radius 2 is 1.78 bits per heavy atom. The molecule has 0 aliphatic heterocycles. The fraction of sp³-hybridized carbons (Fsp3) is 0.214. The monoisotopic (exact) mass is 350 g/mol. The quantitative estimate of drug-likeness (QED) is 0.777. The van der Waals surface area contributed by atoms with Crippen LogP contribution in [0.1, 0.15) is 17.0 Å². The van der Waals surface area contributed by atoms with Gasteiger partial charge in [-0.3, -0.25) is 4.72 Å². The van der Waals surface area contributed by atoms with Crippen molar-refractivity contribution in [2.45, 2.75) is 25.7 Å². The molecule has 3 aromatic rings. The van der Waals surface area contributed by atoms with Gasteiger partial charge in [0.1, 0.15) is 10.7 Å². The smallest absolute Gasteiger partial charge is 0.269 e. The number of nitrogens with one attached hydrogen (secondary N) is 1. The van der Waals surface area contributed by atoms with Crippen molar-refractivity contribution >= 4 is 26.5 Å². The van der Waals surface area contributed by atoms with Crippen LogP contribution >= 0.6 is 11.3 Å². The second kappa shape index (κ2) is 5.74. The number of nitrogens with zero attached hydrogens (tertiary/aromatic N) is 3. The standard InChI is InChI=1S/C14H14N4O3S2/c1-8-4-6-11(7-5-8)13-15-16-14(22-13)18-23(19,20)12-9(2)17-21-10(12)3/h4-7H,1-3H3,(H,16,18). The Kier molecular flexibility index (Phi) is 3.90. The molecular weight excluding hydrogens is 336 g/mol. The van der Waals surface area contributed by atoms with Crippen LogP contribution in [0.3, 0.4) is 0 Å². The van der Waals surface area contributed by atoms with E-state index in [0.717, 1.165) is 22.5 Å². The second-order valence-electron chi connectivity index (χ2n) is 5.04. The Labute approximate surface area is 137 Å². The Morgan fingerprint density at radius 1 is 1.09 bits per heavy atom. The van der Waals surface area contributed by atoms with Gasteiger partial charge in [-0.25, -0.2) is 8.42 Å². The van der Waals surface area contributed by atoms with E-state index in [-0.39, 0.29) is 15.8 Å². The van der Waals surface area contributed by atoms with Gasteiger partial charge in [0, 0.05) is 5.56 Å². The number of aryl methyl sites for hydroxylation is 3. The van der Waals surface area contributed by atoms with Crippen molar-refractivity contribution in [3.05, 3.63) is 41.3 Å². The van der Waals surface area contributed by atoms with Gasteiger partial charge in [0.15, 0.2) is 10.7 Å². The molecule has 0 spiro atoms. The predicted octanol–water partition coefficient (Wildman–Crippen LogP) is 2.92. The van der Waals surface area contributed by atoms with Crippen LogP contribution in [0, 0.1) is 20.8 Å². The van der Waals surface area contributed by atoms with E-state index in [0.29, 0.717) is 10.7 Å². The third-order valence-electron chi connectivity index (χ3n) is 3.18. The SMILES string of the molecule is Cc1ccc(-c2nnc(NS(=O)(=O)c3c(C)noc3C)s2)cc1. The van der Waals surface area contributed by atoms with Crippen molar-refractivity contribution in [3.63, 3.8) is 0 Å². The Bertz CT molecular complexity index is 923. The molecular formula is C14H14N4O3S2. The first kappa shape index (κ1) is 15.6. The van der Waals surface area contributed by atoms with Crippen LogP contribution in [0.15, 0.2) is 33.7 Å². The summed E-state index contributed by atoms with van der Waals surface area (Å²) in [4.78, 5) is 0.0320. The number of hydrogen-bond donors (Lipinski definition) is 1. The lowest BCUT2D eigenvalue weighted by Gasteiger charge is -2.03. The van der Waals surface area contributed by atoms with Gasteiger partial charge in [-0.1, -0.05) is 46.3 Å². The average Bonchev–Trinajstić information content (AvgIpc) is 3.06. The average molecular weight is 350 g/mol. The van der Waals surface area contributed by atoms with Crippen LogP contribution in [-0.4, -0.2) is 23.8 Å². The molecule has 9 heteroatoms. The second-order valence-corrected chi connectivity index (χ2v) is 7.63. The van der Waals surface area contributed by atoms with Gasteiger partial charge in [-0.2, -0.15) is 0 Å². The maximum atomic E-state index is 12.4. The van der Waals surface area contributed by atoms with Crippen LogP contribution in [-0.2, 0) is 10.0 Å². The van der Waals surface area contributed by atoms with Crippen molar-refractivity contribution in [2.24, 2.45) is 0 Å². The van der Waals surface area contributed by atoms with Crippen molar-refractivity contribution in [2.75, 3.05) is 4.72 Å². The summed E-state index contributed by atoms with van der Waals surface area (Å²) < 4.78 is 32.2. The molecule has 120 valence electrons. The normalized spacial score (nSPS) is 11.6. The summed E-state index contributed by atoms with van der Waals surface area (Å²) in [7, 11) is -3.81. The summed E-state index contributed by atoms with van der Waals surface area (Å²) in [6.45, 7) is 5.11. The summed E-state index contributed by atoms with van der Waals surface area (Å²) in [5.74, 6) is 0.235. The predicted molar refractivity (Wildman–Crippen MR) is 86.9 cm³/mol. The fourth-order valence-corrected chi connectivity index (χ4v) is 4.41. The molecule has 0 atom stereocenters. The zero-order chi connectivity index (χ0) is 16.6. The largest absolute Gasteiger partial charge is 0.360 e. The van der Waals surface area contributed by atoms with E-state index in [1.807, 2.05) is 31.2 Å². The maximum Gasteiger partial charge on any atom is 0.269 e. The molecule has 3 rings (SSSR count). The molecule has 0 saturated carbocycles. The highest BCUT2D eigenvalue weighted by molar-refractivity contribution is 7.93. The van der Waals surface area contributed by atoms with Crippen LogP contribution in [0.25, 0.3) is 10.6 Å². The van der Waals surface area contributed by atoms with Gasteiger partial charge in [0.2, 0.25) is 5.13 Å². The summed E-state index contributed by atoms with van der Waals surface area (Å²) in [5, 5.41) is 12.4. The first-order chi connectivity index (χ1) is 10.9. The van der Waals surface area contributed by atoms with E-state index in [1.54, 1.807) is 13.8 Å². The van der Waals surface area contributed by atoms with E-state index in [9.17, 15) is 8.42 Å². The van der Waals surface area contributed by atoms with Gasteiger partial charge >= 0.3 is 0 Å². The fourth-order valence-electron chi connectivity index (χ4n) is 2.10. The molecule has 7 nitrogen and oxygen atoms in total. The van der Waals surface area contributed by atoms with E-state index in [2.05, 4.69) is 20.1 Å². The molecule has 0 aliphatic carbocycles. The number of benzene rings is 1. The van der Waals surface area contributed by atoms with Crippen molar-refractivity contribution in [1.29, 1.82) is 0 Å². The highest BCUT2D eigenvalue weighted by Crippen LogP contribution is 2.29. The van der Waals surface area contributed by atoms with Crippen LogP contribution in [0.5, 0.6) is 0 Å². The van der Waals surface area contributed by atoms with Crippen molar-refractivity contribution in [1.82, 2.24) is 15.4 Å². The molecule has 0 unspecified atom stereocenters. The lowest BCUT2D eigenvalue weighted by Crippen LogP contribution is -2.14. The van der Waals surface area contributed by atoms with E-state index < -0.39 is 10.0 Å². The zero-order valence-corrected chi connectivity index (χ0v) is 14.3. The lowest BCUT2D eigenvalue weighted by atomic mass is 10.2. The first-order valence-electron chi connectivity index (χ1n) is 6.73. The first-order valence-corrected chi connectivity index (χ1v) is 9.03. The molecule has 23 heavy (non-hydrogen) atoms. The van der Waals surface area contributed by atoms with Gasteiger partial charge < -0.3 is 4.52 Å². The summed E-state index contributed by atoms with van der Waals surface area (Å²) in [5.41, 5.74) is 2.33. The van der Waals surface area contributed by atoms with Gasteiger partial charge in [-0.15, -0.1) is 10.2 Å². The lowest BCUT2D eigenvalue weighted by molar-refractivity contribution is 0.390. The minimum Gasteiger partial charge on any atom is -0.360 e. The van der Waals surface area contributed by atoms with Gasteiger partial charge in [-0.05, 0) is 20.8 Å². The molecule has 0 saturated heterocycles. The number of rotatable bonds is 4. The summed E-state index contributed by atoms with van der Waals surface area (Å²) in [6, 6.07) is 7.76. The van der Waals surface area contributed by atoms with Crippen LogP contribution in [0.4, 0.5) is 5.13 Å². The maximum absolute atomic E-state index is 12.4. The molecule has 2 aromatic heterocycles. The number of anilines is 1. The van der Waals surface area contributed by atoms with E-state index in [4.69, 9.17) is 4.52 Å². The van der Waals surface area contributed by atoms with Gasteiger partial charge in [0.05, 0.1) is 0 Å². The Morgan fingerprint density at radius 3 is 2.39 bits per heavy atom. The molecule has 1 N–H and O–H groups in total. The van der Waals surface area contributed by atoms with Crippen molar-refractivity contribution in [3.8, 4) is 10.6 Å². The molecule has 2 heterocycles. The minimum atomic E-state index is -3.81. The highest BCUT2D eigenvalue weighted by Gasteiger charge is 2.25. The third-order valence-corrected chi connectivity index (χ3v) is 5.78. The Balaban J connectivity index is 1.88. The van der Waals surface area contributed by atoms with E-state index in [1.165, 1.54) is 0 Å². The number of hydrogen-bond acceptors (Lipinski definition) is 7. The van der Waals surface area contributed by atoms with Crippen LogP contribution in [0.2, 0.25) is 0 Å². The van der Waals surface area contributed by atoms with Crippen LogP contribution < -0.4 is 4.72 Å². The zero-order valence-electron chi connectivity index (χ0n) is 12.7. The molecule has 0 amide bonds. The number of aromatic nitrogens is 3. The molecule has 0 aliphatic rings. The van der Waals surface area contributed by atoms with Gasteiger partial charge in [0.25, 0.3) is 10.0 Å². The Hall–Kier alpha value is -2.26. The molecule has 0 radical (unpaired) electrons. The molecule has 1 aromatic carbocycles. The van der Waals surface area contributed by atoms with E-state index >= 15 is 0 Å². The molecule has 0 bridgehead atoms. The highest BCUT2D eigenvalue weighted by atomic mass is 32.2. The topological polar surface area (TPSA) is 98.0 Å². The molecule has 0 fully saturated rings.